The van der Waals surface area contributed by atoms with E-state index in [4.69, 9.17) is 18.9 Å². The van der Waals surface area contributed by atoms with E-state index in [1.807, 2.05) is 0 Å². The Labute approximate surface area is 98.6 Å². The maximum absolute atomic E-state index is 11.0. The lowest BCUT2D eigenvalue weighted by Crippen LogP contribution is -2.56. The maximum Gasteiger partial charge on any atom is 0.303 e. The summed E-state index contributed by atoms with van der Waals surface area (Å²) in [5.74, 6) is -1.16. The first-order valence-electron chi connectivity index (χ1n) is 5.12. The number of ether oxygens (including phenoxy) is 4. The molecule has 4 atom stereocenters. The second-order valence-electron chi connectivity index (χ2n) is 3.65. The lowest BCUT2D eigenvalue weighted by Gasteiger charge is -2.38. The molecule has 0 radical (unpaired) electrons. The summed E-state index contributed by atoms with van der Waals surface area (Å²) in [6, 6.07) is 0. The van der Waals surface area contributed by atoms with Gasteiger partial charge in [0.15, 0.2) is 18.5 Å². The average molecular weight is 248 g/mol. The molecule has 1 aliphatic heterocycles. The normalized spacial score (nSPS) is 32.9. The molecular formula is C10H16O7. The Morgan fingerprint density at radius 2 is 1.71 bits per heavy atom. The largest absolute Gasteiger partial charge is 0.455 e. The van der Waals surface area contributed by atoms with Crippen molar-refractivity contribution in [3.63, 3.8) is 0 Å². The third-order valence-corrected chi connectivity index (χ3v) is 2.24. The zero-order valence-electron chi connectivity index (χ0n) is 9.91. The van der Waals surface area contributed by atoms with E-state index >= 15 is 0 Å². The highest BCUT2D eigenvalue weighted by Gasteiger charge is 2.44. The summed E-state index contributed by atoms with van der Waals surface area (Å²) in [5, 5.41) is 9.67. The Balaban J connectivity index is 2.82. The minimum atomic E-state index is -1.06. The standard InChI is InChI=1S/C10H16O7/c1-5(11)16-8-7(13)4-15-10(14-3)9(8)17-6(2)12/h7-10,13H,4H2,1-3H3. The van der Waals surface area contributed by atoms with Crippen LogP contribution in [0.5, 0.6) is 0 Å². The minimum Gasteiger partial charge on any atom is -0.455 e. The van der Waals surface area contributed by atoms with Crippen molar-refractivity contribution in [1.29, 1.82) is 0 Å². The Kier molecular flexibility index (Phi) is 4.86. The summed E-state index contributed by atoms with van der Waals surface area (Å²) in [4.78, 5) is 21.9. The fourth-order valence-electron chi connectivity index (χ4n) is 1.61. The topological polar surface area (TPSA) is 91.3 Å². The van der Waals surface area contributed by atoms with Crippen molar-refractivity contribution in [1.82, 2.24) is 0 Å². The van der Waals surface area contributed by atoms with Crippen LogP contribution in [0.2, 0.25) is 0 Å². The van der Waals surface area contributed by atoms with Gasteiger partial charge in [0.25, 0.3) is 0 Å². The van der Waals surface area contributed by atoms with Crippen LogP contribution in [0, 0.1) is 0 Å². The monoisotopic (exact) mass is 248 g/mol. The summed E-state index contributed by atoms with van der Waals surface area (Å²) in [5.41, 5.74) is 0. The van der Waals surface area contributed by atoms with Gasteiger partial charge in [-0.2, -0.15) is 0 Å². The van der Waals surface area contributed by atoms with Crippen LogP contribution in [-0.4, -0.2) is 55.4 Å². The molecule has 0 saturated carbocycles. The van der Waals surface area contributed by atoms with E-state index in [9.17, 15) is 14.7 Å². The van der Waals surface area contributed by atoms with Crippen LogP contribution >= 0.6 is 0 Å². The molecule has 0 bridgehead atoms. The smallest absolute Gasteiger partial charge is 0.303 e. The second-order valence-corrected chi connectivity index (χ2v) is 3.65. The van der Waals surface area contributed by atoms with Crippen molar-refractivity contribution < 1.29 is 33.6 Å². The van der Waals surface area contributed by atoms with Gasteiger partial charge in [-0.05, 0) is 0 Å². The van der Waals surface area contributed by atoms with Crippen molar-refractivity contribution in [2.45, 2.75) is 38.4 Å². The van der Waals surface area contributed by atoms with Crippen LogP contribution in [0.4, 0.5) is 0 Å². The number of hydrogen-bond donors (Lipinski definition) is 1. The number of methoxy groups -OCH3 is 1. The zero-order valence-corrected chi connectivity index (χ0v) is 9.91. The predicted molar refractivity (Wildman–Crippen MR) is 53.9 cm³/mol. The fraction of sp³-hybridized carbons (Fsp3) is 0.800. The second kappa shape index (κ2) is 5.95. The van der Waals surface area contributed by atoms with E-state index < -0.39 is 36.5 Å². The van der Waals surface area contributed by atoms with E-state index in [0.717, 1.165) is 0 Å². The molecule has 0 aliphatic carbocycles. The molecule has 4 unspecified atom stereocenters. The number of carbonyl (C=O) groups excluding carboxylic acids is 2. The molecule has 1 saturated heterocycles. The van der Waals surface area contributed by atoms with Crippen molar-refractivity contribution in [2.75, 3.05) is 13.7 Å². The molecule has 1 aliphatic rings. The molecule has 0 aromatic heterocycles. The minimum absolute atomic E-state index is 0.0613. The van der Waals surface area contributed by atoms with E-state index in [-0.39, 0.29) is 6.61 Å². The van der Waals surface area contributed by atoms with Gasteiger partial charge in [-0.1, -0.05) is 0 Å². The molecule has 1 N–H and O–H groups in total. The average Bonchev–Trinajstić information content (AvgIpc) is 2.22. The highest BCUT2D eigenvalue weighted by atomic mass is 16.7. The van der Waals surface area contributed by atoms with Gasteiger partial charge >= 0.3 is 11.9 Å². The Morgan fingerprint density at radius 3 is 2.18 bits per heavy atom. The Morgan fingerprint density at radius 1 is 1.18 bits per heavy atom. The third-order valence-electron chi connectivity index (χ3n) is 2.24. The molecule has 0 aromatic carbocycles. The summed E-state index contributed by atoms with van der Waals surface area (Å²) in [6.45, 7) is 2.35. The lowest BCUT2D eigenvalue weighted by atomic mass is 10.0. The van der Waals surface area contributed by atoms with E-state index in [2.05, 4.69) is 0 Å². The van der Waals surface area contributed by atoms with Gasteiger partial charge in [0, 0.05) is 21.0 Å². The summed E-state index contributed by atoms with van der Waals surface area (Å²) in [6.07, 6.45) is -3.90. The molecule has 0 spiro atoms. The Hall–Kier alpha value is -1.18. The van der Waals surface area contributed by atoms with E-state index in [1.165, 1.54) is 21.0 Å². The van der Waals surface area contributed by atoms with Crippen molar-refractivity contribution >= 4 is 11.9 Å². The predicted octanol–water partition coefficient (Wildman–Crippen LogP) is -0.787. The number of carbonyl (C=O) groups is 2. The number of aliphatic hydroxyl groups excluding tert-OH is 1. The molecule has 7 nitrogen and oxygen atoms in total. The van der Waals surface area contributed by atoms with Gasteiger partial charge in [0.1, 0.15) is 6.10 Å². The lowest BCUT2D eigenvalue weighted by molar-refractivity contribution is -0.271. The number of aliphatic hydroxyl groups is 1. The molecule has 0 aromatic rings. The molecule has 1 rings (SSSR count). The van der Waals surface area contributed by atoms with E-state index in [1.54, 1.807) is 0 Å². The van der Waals surface area contributed by atoms with Gasteiger partial charge in [-0.15, -0.1) is 0 Å². The van der Waals surface area contributed by atoms with Crippen molar-refractivity contribution in [3.05, 3.63) is 0 Å². The first kappa shape index (κ1) is 13.9. The van der Waals surface area contributed by atoms with Crippen molar-refractivity contribution in [2.24, 2.45) is 0 Å². The highest BCUT2D eigenvalue weighted by Crippen LogP contribution is 2.22. The molecule has 17 heavy (non-hydrogen) atoms. The van der Waals surface area contributed by atoms with Crippen LogP contribution in [0.1, 0.15) is 13.8 Å². The molecule has 1 fully saturated rings. The van der Waals surface area contributed by atoms with Crippen molar-refractivity contribution in [3.8, 4) is 0 Å². The number of rotatable bonds is 3. The molecule has 7 heteroatoms. The maximum atomic E-state index is 11.0. The van der Waals surface area contributed by atoms with E-state index in [0.29, 0.717) is 0 Å². The van der Waals surface area contributed by atoms with Gasteiger partial charge in [0.05, 0.1) is 6.61 Å². The number of hydrogen-bond acceptors (Lipinski definition) is 7. The summed E-state index contributed by atoms with van der Waals surface area (Å²) >= 11 is 0. The van der Waals surface area contributed by atoms with Crippen LogP contribution in [-0.2, 0) is 28.5 Å². The number of esters is 2. The fourth-order valence-corrected chi connectivity index (χ4v) is 1.61. The molecule has 0 amide bonds. The van der Waals surface area contributed by atoms with Crippen LogP contribution < -0.4 is 0 Å². The molecular weight excluding hydrogens is 232 g/mol. The Bertz CT molecular complexity index is 290. The summed E-state index contributed by atoms with van der Waals surface area (Å²) in [7, 11) is 1.36. The quantitative estimate of drug-likeness (QED) is 0.654. The first-order valence-corrected chi connectivity index (χ1v) is 5.12. The molecule has 1 heterocycles. The first-order chi connectivity index (χ1) is 7.95. The van der Waals surface area contributed by atoms with Gasteiger partial charge in [0.2, 0.25) is 0 Å². The van der Waals surface area contributed by atoms with Crippen LogP contribution in [0.3, 0.4) is 0 Å². The van der Waals surface area contributed by atoms with Gasteiger partial charge < -0.3 is 24.1 Å². The van der Waals surface area contributed by atoms with Gasteiger partial charge in [-0.25, -0.2) is 0 Å². The molecule has 98 valence electrons. The third kappa shape index (κ3) is 3.65. The zero-order chi connectivity index (χ0) is 13.0. The van der Waals surface area contributed by atoms with Crippen LogP contribution in [0.15, 0.2) is 0 Å². The van der Waals surface area contributed by atoms with Crippen LogP contribution in [0.25, 0.3) is 0 Å². The van der Waals surface area contributed by atoms with Gasteiger partial charge in [-0.3, -0.25) is 9.59 Å². The highest BCUT2D eigenvalue weighted by molar-refractivity contribution is 5.67. The summed E-state index contributed by atoms with van der Waals surface area (Å²) < 4.78 is 20.0. The SMILES string of the molecule is COC1OCC(O)C(OC(C)=O)C1OC(C)=O.